The highest BCUT2D eigenvalue weighted by atomic mass is 16.2. The number of fused-ring (bicyclic) bond motifs is 1. The van der Waals surface area contributed by atoms with E-state index >= 15 is 0 Å². The number of para-hydroxylation sites is 1. The molecule has 3 aromatic rings. The third-order valence-corrected chi connectivity index (χ3v) is 4.76. The predicted molar refractivity (Wildman–Crippen MR) is 101 cm³/mol. The molecule has 132 valence electrons. The van der Waals surface area contributed by atoms with Crippen molar-refractivity contribution in [2.45, 2.75) is 25.9 Å². The lowest BCUT2D eigenvalue weighted by Crippen LogP contribution is -2.39. The molecule has 2 heterocycles. The van der Waals surface area contributed by atoms with Crippen LogP contribution in [0, 0.1) is 6.92 Å². The topological polar surface area (TPSA) is 64.2 Å². The van der Waals surface area contributed by atoms with Crippen molar-refractivity contribution in [2.75, 3.05) is 6.54 Å². The average Bonchev–Trinajstić information content (AvgIpc) is 3.13. The molecule has 0 aliphatic carbocycles. The first-order valence-electron chi connectivity index (χ1n) is 8.84. The van der Waals surface area contributed by atoms with E-state index in [-0.39, 0.29) is 18.0 Å². The molecule has 0 fully saturated rings. The summed E-state index contributed by atoms with van der Waals surface area (Å²) in [6.45, 7) is 4.40. The molecule has 1 aliphatic heterocycles. The second-order valence-corrected chi connectivity index (χ2v) is 6.84. The lowest BCUT2D eigenvalue weighted by atomic mass is 9.99. The summed E-state index contributed by atoms with van der Waals surface area (Å²) in [6, 6.07) is 19.6. The van der Waals surface area contributed by atoms with Crippen molar-refractivity contribution in [3.8, 4) is 5.69 Å². The van der Waals surface area contributed by atoms with Gasteiger partial charge in [-0.1, -0.05) is 48.5 Å². The third kappa shape index (κ3) is 2.61. The first-order chi connectivity index (χ1) is 12.6. The zero-order valence-electron chi connectivity index (χ0n) is 15.0. The number of nitrogens with two attached hydrogens (primary N) is 1. The summed E-state index contributed by atoms with van der Waals surface area (Å²) in [7, 11) is 0. The number of carbonyl (C=O) groups excluding carboxylic acids is 1. The normalized spacial score (nSPS) is 17.4. The van der Waals surface area contributed by atoms with Crippen LogP contribution in [0.15, 0.2) is 60.7 Å². The average molecular weight is 346 g/mol. The summed E-state index contributed by atoms with van der Waals surface area (Å²) >= 11 is 0. The smallest absolute Gasteiger partial charge is 0.273 e. The van der Waals surface area contributed by atoms with Crippen molar-refractivity contribution in [1.82, 2.24) is 14.7 Å². The molecule has 26 heavy (non-hydrogen) atoms. The molecular weight excluding hydrogens is 324 g/mol. The van der Waals surface area contributed by atoms with Gasteiger partial charge in [0.1, 0.15) is 5.69 Å². The molecule has 5 nitrogen and oxygen atoms in total. The van der Waals surface area contributed by atoms with E-state index in [2.05, 4.69) is 17.2 Å². The minimum atomic E-state index is -0.151. The fourth-order valence-electron chi connectivity index (χ4n) is 3.72. The van der Waals surface area contributed by atoms with Crippen molar-refractivity contribution < 1.29 is 4.79 Å². The molecule has 0 saturated carbocycles. The minimum Gasteiger partial charge on any atom is -0.326 e. The lowest BCUT2D eigenvalue weighted by Gasteiger charge is -2.27. The van der Waals surface area contributed by atoms with Crippen LogP contribution in [0.2, 0.25) is 0 Å². The van der Waals surface area contributed by atoms with Gasteiger partial charge in [0.2, 0.25) is 0 Å². The van der Waals surface area contributed by atoms with E-state index in [1.165, 1.54) is 0 Å². The fourth-order valence-corrected chi connectivity index (χ4v) is 3.72. The van der Waals surface area contributed by atoms with Gasteiger partial charge in [0, 0.05) is 18.2 Å². The Balaban J connectivity index is 1.91. The Morgan fingerprint density at radius 1 is 1.08 bits per heavy atom. The van der Waals surface area contributed by atoms with Crippen LogP contribution in [0.3, 0.4) is 0 Å². The predicted octanol–water partition coefficient (Wildman–Crippen LogP) is 3.07. The Bertz CT molecular complexity index is 931. The first-order valence-corrected chi connectivity index (χ1v) is 8.84. The second kappa shape index (κ2) is 6.42. The number of hydrogen-bond donors (Lipinski definition) is 1. The van der Waals surface area contributed by atoms with Gasteiger partial charge in [-0.15, -0.1) is 0 Å². The van der Waals surface area contributed by atoms with Crippen molar-refractivity contribution >= 4 is 5.91 Å². The number of rotatable bonds is 4. The van der Waals surface area contributed by atoms with Gasteiger partial charge >= 0.3 is 0 Å². The Kier molecular flexibility index (Phi) is 4.09. The Morgan fingerprint density at radius 2 is 1.69 bits per heavy atom. The standard InChI is InChI=1S/C21H22N4O/c1-14(22)13-24-19(16-9-5-3-6-10-16)18-15(2)23-25(20(18)21(24)26)17-11-7-4-8-12-17/h3-12,14,19H,13,22H2,1-2H3/t14-,19-/m1/s1. The van der Waals surface area contributed by atoms with E-state index in [0.29, 0.717) is 12.2 Å². The van der Waals surface area contributed by atoms with E-state index in [1.807, 2.05) is 67.3 Å². The highest BCUT2D eigenvalue weighted by Gasteiger charge is 2.43. The van der Waals surface area contributed by atoms with Crippen LogP contribution in [0.25, 0.3) is 5.69 Å². The lowest BCUT2D eigenvalue weighted by molar-refractivity contribution is 0.0732. The van der Waals surface area contributed by atoms with Crippen LogP contribution in [-0.4, -0.2) is 33.2 Å². The highest BCUT2D eigenvalue weighted by molar-refractivity contribution is 5.99. The summed E-state index contributed by atoms with van der Waals surface area (Å²) < 4.78 is 1.77. The van der Waals surface area contributed by atoms with Gasteiger partial charge in [0.05, 0.1) is 17.4 Å². The van der Waals surface area contributed by atoms with Crippen LogP contribution >= 0.6 is 0 Å². The van der Waals surface area contributed by atoms with Gasteiger partial charge in [-0.05, 0) is 31.5 Å². The van der Waals surface area contributed by atoms with Gasteiger partial charge in [-0.25, -0.2) is 4.68 Å². The number of aryl methyl sites for hydroxylation is 1. The van der Waals surface area contributed by atoms with Crippen LogP contribution in [-0.2, 0) is 0 Å². The maximum absolute atomic E-state index is 13.3. The van der Waals surface area contributed by atoms with Crippen LogP contribution in [0.4, 0.5) is 0 Å². The van der Waals surface area contributed by atoms with Crippen LogP contribution in [0.5, 0.6) is 0 Å². The molecule has 1 amide bonds. The molecule has 0 spiro atoms. The SMILES string of the molecule is Cc1nn(-c2ccccc2)c2c1[C@@H](c1ccccc1)N(C[C@@H](C)N)C2=O. The highest BCUT2D eigenvalue weighted by Crippen LogP contribution is 2.41. The van der Waals surface area contributed by atoms with Gasteiger partial charge < -0.3 is 10.6 Å². The molecule has 2 atom stereocenters. The molecule has 1 aliphatic rings. The number of nitrogens with zero attached hydrogens (tertiary/aromatic N) is 3. The van der Waals surface area contributed by atoms with Crippen molar-refractivity contribution in [1.29, 1.82) is 0 Å². The Labute approximate surface area is 153 Å². The maximum Gasteiger partial charge on any atom is 0.273 e. The number of hydrogen-bond acceptors (Lipinski definition) is 3. The molecule has 5 heteroatoms. The molecule has 0 unspecified atom stereocenters. The number of aromatic nitrogens is 2. The number of carbonyl (C=O) groups is 1. The first kappa shape index (κ1) is 16.5. The zero-order valence-corrected chi connectivity index (χ0v) is 15.0. The van der Waals surface area contributed by atoms with Gasteiger partial charge in [-0.3, -0.25) is 4.79 Å². The van der Waals surface area contributed by atoms with E-state index < -0.39 is 0 Å². The summed E-state index contributed by atoms with van der Waals surface area (Å²) in [6.07, 6.45) is 0. The minimum absolute atomic E-state index is 0.0180. The molecule has 4 rings (SSSR count). The number of amides is 1. The summed E-state index contributed by atoms with van der Waals surface area (Å²) in [4.78, 5) is 15.2. The molecular formula is C21H22N4O. The van der Waals surface area contributed by atoms with Crippen molar-refractivity contribution in [3.63, 3.8) is 0 Å². The van der Waals surface area contributed by atoms with E-state index in [9.17, 15) is 4.79 Å². The maximum atomic E-state index is 13.3. The monoisotopic (exact) mass is 346 g/mol. The van der Waals surface area contributed by atoms with E-state index in [4.69, 9.17) is 5.73 Å². The van der Waals surface area contributed by atoms with E-state index in [0.717, 1.165) is 22.5 Å². The van der Waals surface area contributed by atoms with Crippen LogP contribution < -0.4 is 5.73 Å². The van der Waals surface area contributed by atoms with Gasteiger partial charge in [-0.2, -0.15) is 5.10 Å². The molecule has 0 radical (unpaired) electrons. The van der Waals surface area contributed by atoms with Gasteiger partial charge in [0.25, 0.3) is 5.91 Å². The van der Waals surface area contributed by atoms with Crippen molar-refractivity contribution in [3.05, 3.63) is 83.2 Å². The largest absolute Gasteiger partial charge is 0.326 e. The summed E-state index contributed by atoms with van der Waals surface area (Å²) in [5.74, 6) is -0.0180. The van der Waals surface area contributed by atoms with E-state index in [1.54, 1.807) is 4.68 Å². The second-order valence-electron chi connectivity index (χ2n) is 6.84. The Morgan fingerprint density at radius 3 is 2.31 bits per heavy atom. The molecule has 1 aromatic heterocycles. The zero-order chi connectivity index (χ0) is 18.3. The third-order valence-electron chi connectivity index (χ3n) is 4.76. The number of benzene rings is 2. The Hall–Kier alpha value is -2.92. The molecule has 2 aromatic carbocycles. The molecule has 2 N–H and O–H groups in total. The van der Waals surface area contributed by atoms with Crippen LogP contribution in [0.1, 0.15) is 40.3 Å². The van der Waals surface area contributed by atoms with Gasteiger partial charge in [0.15, 0.2) is 0 Å². The fraction of sp³-hybridized carbons (Fsp3) is 0.238. The molecule has 0 bridgehead atoms. The quantitative estimate of drug-likeness (QED) is 0.790. The molecule has 0 saturated heterocycles. The summed E-state index contributed by atoms with van der Waals surface area (Å²) in [5.41, 5.74) is 10.5. The van der Waals surface area contributed by atoms with Crippen molar-refractivity contribution in [2.24, 2.45) is 5.73 Å². The summed E-state index contributed by atoms with van der Waals surface area (Å²) in [5, 5.41) is 4.68.